The molecule has 5 nitrogen and oxygen atoms in total. The number of amides is 1. The lowest BCUT2D eigenvalue weighted by Crippen LogP contribution is -2.15. The van der Waals surface area contributed by atoms with Crippen LogP contribution >= 0.6 is 35.0 Å². The van der Waals surface area contributed by atoms with Crippen molar-refractivity contribution < 1.29 is 4.79 Å². The van der Waals surface area contributed by atoms with Crippen LogP contribution in [0.4, 0.5) is 5.82 Å². The third-order valence-electron chi connectivity index (χ3n) is 2.30. The van der Waals surface area contributed by atoms with Gasteiger partial charge in [0.2, 0.25) is 5.91 Å². The van der Waals surface area contributed by atoms with Gasteiger partial charge in [-0.1, -0.05) is 35.0 Å². The number of pyridine rings is 2. The maximum absolute atomic E-state index is 11.8. The molecule has 0 bridgehead atoms. The number of carbonyl (C=O) groups excluding carboxylic acids is 1. The van der Waals surface area contributed by atoms with E-state index in [-0.39, 0.29) is 22.5 Å². The number of rotatable bonds is 4. The van der Waals surface area contributed by atoms with Crippen LogP contribution in [0.2, 0.25) is 10.0 Å². The zero-order valence-electron chi connectivity index (χ0n) is 10.5. The second kappa shape index (κ2) is 7.27. The fourth-order valence-electron chi connectivity index (χ4n) is 1.40. The molecule has 0 aromatic carbocycles. The zero-order chi connectivity index (χ0) is 15.2. The summed E-state index contributed by atoms with van der Waals surface area (Å²) in [4.78, 5) is 19.8. The van der Waals surface area contributed by atoms with E-state index in [4.69, 9.17) is 28.5 Å². The Kier molecular flexibility index (Phi) is 5.39. The first-order chi connectivity index (χ1) is 10.1. The quantitative estimate of drug-likeness (QED) is 0.864. The van der Waals surface area contributed by atoms with Gasteiger partial charge in [-0.05, 0) is 18.2 Å². The van der Waals surface area contributed by atoms with E-state index >= 15 is 0 Å². The van der Waals surface area contributed by atoms with Crippen LogP contribution < -0.4 is 5.32 Å². The minimum Gasteiger partial charge on any atom is -0.309 e. The minimum absolute atomic E-state index is 0.0896. The molecule has 0 unspecified atom stereocenters. The van der Waals surface area contributed by atoms with E-state index in [1.165, 1.54) is 24.0 Å². The van der Waals surface area contributed by atoms with Crippen molar-refractivity contribution >= 4 is 46.7 Å². The van der Waals surface area contributed by atoms with Crippen LogP contribution in [-0.4, -0.2) is 21.6 Å². The lowest BCUT2D eigenvalue weighted by Gasteiger charge is -2.06. The van der Waals surface area contributed by atoms with Gasteiger partial charge in [-0.25, -0.2) is 9.97 Å². The Hall–Kier alpha value is -1.81. The number of hydrogen-bond acceptors (Lipinski definition) is 5. The molecule has 0 radical (unpaired) electrons. The Morgan fingerprint density at radius 2 is 2.24 bits per heavy atom. The van der Waals surface area contributed by atoms with E-state index in [1.54, 1.807) is 18.3 Å². The third kappa shape index (κ3) is 4.33. The molecule has 0 atom stereocenters. The van der Waals surface area contributed by atoms with Crippen molar-refractivity contribution in [2.45, 2.75) is 5.03 Å². The molecule has 2 rings (SSSR count). The SMILES string of the molecule is N#Cc1cccnc1SCC(=O)Nc1ncc(Cl)cc1Cl. The number of nitriles is 1. The molecule has 0 aliphatic rings. The maximum atomic E-state index is 11.8. The van der Waals surface area contributed by atoms with Crippen LogP contribution in [0, 0.1) is 11.3 Å². The lowest BCUT2D eigenvalue weighted by molar-refractivity contribution is -0.113. The molecule has 0 saturated carbocycles. The first-order valence-corrected chi connectivity index (χ1v) is 7.43. The summed E-state index contributed by atoms with van der Waals surface area (Å²) in [6.45, 7) is 0. The molecule has 1 N–H and O–H groups in total. The van der Waals surface area contributed by atoms with E-state index in [0.717, 1.165) is 0 Å². The Labute approximate surface area is 135 Å². The summed E-state index contributed by atoms with van der Waals surface area (Å²) in [5.41, 5.74) is 0.429. The Morgan fingerprint density at radius 3 is 2.95 bits per heavy atom. The number of nitrogens with one attached hydrogen (secondary N) is 1. The number of thioether (sulfide) groups is 1. The van der Waals surface area contributed by atoms with E-state index in [9.17, 15) is 4.79 Å². The molecule has 2 heterocycles. The van der Waals surface area contributed by atoms with Gasteiger partial charge in [0, 0.05) is 12.4 Å². The molecular weight excluding hydrogens is 331 g/mol. The van der Waals surface area contributed by atoms with Crippen molar-refractivity contribution in [2.24, 2.45) is 0 Å². The standard InChI is InChI=1S/C13H8Cl2N4OS/c14-9-4-10(15)12(18-6-9)19-11(20)7-21-13-8(5-16)2-1-3-17-13/h1-4,6H,7H2,(H,18,19,20). The van der Waals surface area contributed by atoms with Crippen molar-refractivity contribution in [3.05, 3.63) is 46.2 Å². The summed E-state index contributed by atoms with van der Waals surface area (Å²) in [7, 11) is 0. The molecule has 0 aliphatic carbocycles. The van der Waals surface area contributed by atoms with Crippen molar-refractivity contribution in [2.75, 3.05) is 11.1 Å². The second-order valence-electron chi connectivity index (χ2n) is 3.79. The van der Waals surface area contributed by atoms with Crippen LogP contribution in [0.3, 0.4) is 0 Å². The van der Waals surface area contributed by atoms with Crippen LogP contribution in [0.5, 0.6) is 0 Å². The summed E-state index contributed by atoms with van der Waals surface area (Å²) >= 11 is 12.8. The number of nitrogens with zero attached hydrogens (tertiary/aromatic N) is 3. The number of hydrogen-bond donors (Lipinski definition) is 1. The van der Waals surface area contributed by atoms with Gasteiger partial charge in [0.05, 0.1) is 21.4 Å². The first kappa shape index (κ1) is 15.6. The van der Waals surface area contributed by atoms with E-state index < -0.39 is 0 Å². The van der Waals surface area contributed by atoms with Crippen LogP contribution in [0.25, 0.3) is 0 Å². The average Bonchev–Trinajstić information content (AvgIpc) is 2.48. The highest BCUT2D eigenvalue weighted by atomic mass is 35.5. The van der Waals surface area contributed by atoms with Gasteiger partial charge in [-0.3, -0.25) is 4.79 Å². The summed E-state index contributed by atoms with van der Waals surface area (Å²) in [6.07, 6.45) is 2.96. The highest BCUT2D eigenvalue weighted by Crippen LogP contribution is 2.23. The molecule has 0 fully saturated rings. The summed E-state index contributed by atoms with van der Waals surface area (Å²) in [6, 6.07) is 6.82. The summed E-state index contributed by atoms with van der Waals surface area (Å²) in [5, 5.41) is 12.7. The Balaban J connectivity index is 1.98. The van der Waals surface area contributed by atoms with Crippen LogP contribution in [0.15, 0.2) is 35.6 Å². The summed E-state index contributed by atoms with van der Waals surface area (Å²) < 4.78 is 0. The predicted octanol–water partition coefficient (Wildman–Crippen LogP) is 3.39. The average molecular weight is 339 g/mol. The van der Waals surface area contributed by atoms with Gasteiger partial charge in [0.25, 0.3) is 0 Å². The molecule has 8 heteroatoms. The van der Waals surface area contributed by atoms with Crippen molar-refractivity contribution in [1.29, 1.82) is 5.26 Å². The van der Waals surface area contributed by atoms with Gasteiger partial charge in [-0.15, -0.1) is 0 Å². The third-order valence-corrected chi connectivity index (χ3v) is 3.80. The fourth-order valence-corrected chi connectivity index (χ4v) is 2.57. The van der Waals surface area contributed by atoms with E-state index in [1.807, 2.05) is 6.07 Å². The van der Waals surface area contributed by atoms with Gasteiger partial charge in [0.1, 0.15) is 11.1 Å². The summed E-state index contributed by atoms with van der Waals surface area (Å²) in [5.74, 6) is 0.0336. The van der Waals surface area contributed by atoms with Gasteiger partial charge < -0.3 is 5.32 Å². The van der Waals surface area contributed by atoms with Gasteiger partial charge in [-0.2, -0.15) is 5.26 Å². The largest absolute Gasteiger partial charge is 0.309 e. The molecular formula is C13H8Cl2N4OS. The van der Waals surface area contributed by atoms with Crippen LogP contribution in [-0.2, 0) is 4.79 Å². The number of anilines is 1. The monoisotopic (exact) mass is 338 g/mol. The molecule has 0 aliphatic heterocycles. The number of carbonyl (C=O) groups is 1. The van der Waals surface area contributed by atoms with Gasteiger partial charge >= 0.3 is 0 Å². The zero-order valence-corrected chi connectivity index (χ0v) is 12.8. The molecule has 2 aromatic heterocycles. The molecule has 1 amide bonds. The first-order valence-electron chi connectivity index (χ1n) is 5.69. The van der Waals surface area contributed by atoms with Gasteiger partial charge in [0.15, 0.2) is 5.82 Å². The lowest BCUT2D eigenvalue weighted by atomic mass is 10.3. The molecule has 2 aromatic rings. The topological polar surface area (TPSA) is 78.7 Å². The van der Waals surface area contributed by atoms with Crippen molar-refractivity contribution in [3.8, 4) is 6.07 Å². The second-order valence-corrected chi connectivity index (χ2v) is 5.60. The molecule has 0 spiro atoms. The highest BCUT2D eigenvalue weighted by Gasteiger charge is 2.10. The Bertz CT molecular complexity index is 718. The molecule has 106 valence electrons. The highest BCUT2D eigenvalue weighted by molar-refractivity contribution is 8.00. The Morgan fingerprint density at radius 1 is 1.43 bits per heavy atom. The van der Waals surface area contributed by atoms with Crippen molar-refractivity contribution in [3.63, 3.8) is 0 Å². The molecule has 0 saturated heterocycles. The van der Waals surface area contributed by atoms with Crippen LogP contribution in [0.1, 0.15) is 5.56 Å². The number of halogens is 2. The van der Waals surface area contributed by atoms with E-state index in [0.29, 0.717) is 15.6 Å². The normalized spacial score (nSPS) is 9.95. The maximum Gasteiger partial charge on any atom is 0.235 e. The minimum atomic E-state index is -0.300. The van der Waals surface area contributed by atoms with Crippen molar-refractivity contribution in [1.82, 2.24) is 9.97 Å². The van der Waals surface area contributed by atoms with E-state index in [2.05, 4.69) is 15.3 Å². The number of aromatic nitrogens is 2. The smallest absolute Gasteiger partial charge is 0.235 e. The fraction of sp³-hybridized carbons (Fsp3) is 0.0769. The molecule has 21 heavy (non-hydrogen) atoms. The predicted molar refractivity (Wildman–Crippen MR) is 82.6 cm³/mol.